The van der Waals surface area contributed by atoms with Gasteiger partial charge >= 0.3 is 0 Å². The zero-order valence-electron chi connectivity index (χ0n) is 12.4. The van der Waals surface area contributed by atoms with Crippen molar-refractivity contribution in [3.05, 3.63) is 41.5 Å². The normalized spacial score (nSPS) is 17.2. The molecule has 0 aromatic carbocycles. The Bertz CT molecular complexity index is 635. The quantitative estimate of drug-likeness (QED) is 0.861. The number of hydrogen-bond acceptors (Lipinski definition) is 2. The van der Waals surface area contributed by atoms with Crippen molar-refractivity contribution in [3.63, 3.8) is 0 Å². The number of aromatic nitrogens is 3. The molecule has 3 rings (SSSR count). The van der Waals surface area contributed by atoms with Crippen molar-refractivity contribution in [1.82, 2.24) is 14.3 Å². The number of Topliss-reactive ketones (excluding diaryl/α,β-unsaturated/α-hetero) is 1. The van der Waals surface area contributed by atoms with Crippen LogP contribution >= 0.6 is 0 Å². The molecule has 20 heavy (non-hydrogen) atoms. The van der Waals surface area contributed by atoms with Crippen molar-refractivity contribution in [1.29, 1.82) is 0 Å². The highest BCUT2D eigenvalue weighted by Gasteiger charge is 2.33. The number of fused-ring (bicyclic) bond motifs is 1. The Morgan fingerprint density at radius 3 is 2.80 bits per heavy atom. The molecule has 106 valence electrons. The molecule has 0 spiro atoms. The van der Waals surface area contributed by atoms with E-state index in [0.717, 1.165) is 25.1 Å². The molecule has 0 unspecified atom stereocenters. The number of carbonyl (C=O) groups is 1. The summed E-state index contributed by atoms with van der Waals surface area (Å²) in [6.45, 7) is 8.14. The minimum Gasteiger partial charge on any atom is -0.346 e. The molecule has 0 atom stereocenters. The van der Waals surface area contributed by atoms with Gasteiger partial charge in [-0.15, -0.1) is 0 Å². The highest BCUT2D eigenvalue weighted by molar-refractivity contribution is 5.99. The molecule has 2 aromatic heterocycles. The number of carbonyl (C=O) groups excluding carboxylic acids is 1. The van der Waals surface area contributed by atoms with Crippen LogP contribution in [0.3, 0.4) is 0 Å². The zero-order chi connectivity index (χ0) is 14.3. The predicted octanol–water partition coefficient (Wildman–Crippen LogP) is 2.85. The van der Waals surface area contributed by atoms with Crippen LogP contribution in [0.5, 0.6) is 0 Å². The first-order chi connectivity index (χ1) is 9.46. The Morgan fingerprint density at radius 1 is 1.30 bits per heavy atom. The van der Waals surface area contributed by atoms with Gasteiger partial charge in [0.25, 0.3) is 0 Å². The minimum absolute atomic E-state index is 0.0678. The third-order valence-corrected chi connectivity index (χ3v) is 4.11. The summed E-state index contributed by atoms with van der Waals surface area (Å²) in [7, 11) is 0. The molecule has 1 aliphatic rings. The van der Waals surface area contributed by atoms with Gasteiger partial charge in [-0.2, -0.15) is 5.10 Å². The van der Waals surface area contributed by atoms with Crippen molar-refractivity contribution in [3.8, 4) is 0 Å². The van der Waals surface area contributed by atoms with Gasteiger partial charge in [0.05, 0.1) is 6.54 Å². The number of nitrogens with zero attached hydrogens (tertiary/aromatic N) is 3. The fourth-order valence-electron chi connectivity index (χ4n) is 3.15. The van der Waals surface area contributed by atoms with E-state index in [-0.39, 0.29) is 11.2 Å². The maximum absolute atomic E-state index is 12.3. The Hall–Kier alpha value is -1.84. The second-order valence-electron chi connectivity index (χ2n) is 6.51. The molecular weight excluding hydrogens is 250 g/mol. The van der Waals surface area contributed by atoms with Gasteiger partial charge < -0.3 is 4.57 Å². The van der Waals surface area contributed by atoms with Crippen LogP contribution in [-0.4, -0.2) is 20.1 Å². The lowest BCUT2D eigenvalue weighted by atomic mass is 9.76. The lowest BCUT2D eigenvalue weighted by molar-refractivity contribution is 0.0910. The molecule has 0 saturated heterocycles. The zero-order valence-corrected chi connectivity index (χ0v) is 12.4. The molecule has 0 N–H and O–H groups in total. The third kappa shape index (κ3) is 2.30. The first-order valence-corrected chi connectivity index (χ1v) is 7.16. The van der Waals surface area contributed by atoms with Gasteiger partial charge in [0.2, 0.25) is 0 Å². The van der Waals surface area contributed by atoms with E-state index in [2.05, 4.69) is 36.5 Å². The SMILES string of the molecule is Cc1cc2c(n1CCn1cccn1)CC(C)(C)CC2=O. The van der Waals surface area contributed by atoms with Gasteiger partial charge in [0.1, 0.15) is 0 Å². The summed E-state index contributed by atoms with van der Waals surface area (Å²) in [6, 6.07) is 3.99. The molecule has 0 saturated carbocycles. The van der Waals surface area contributed by atoms with Crippen molar-refractivity contribution in [2.75, 3.05) is 0 Å². The van der Waals surface area contributed by atoms with Crippen molar-refractivity contribution in [2.24, 2.45) is 5.41 Å². The molecule has 0 bridgehead atoms. The predicted molar refractivity (Wildman–Crippen MR) is 77.8 cm³/mol. The standard InChI is InChI=1S/C16H21N3O/c1-12-9-13-14(10-16(2,3)11-15(13)20)19(12)8-7-18-6-4-5-17-18/h4-6,9H,7-8,10-11H2,1-3H3. The molecule has 0 amide bonds. The van der Waals surface area contributed by atoms with E-state index >= 15 is 0 Å². The van der Waals surface area contributed by atoms with Gasteiger partial charge in [-0.25, -0.2) is 0 Å². The van der Waals surface area contributed by atoms with E-state index in [1.807, 2.05) is 16.9 Å². The molecule has 4 nitrogen and oxygen atoms in total. The number of aryl methyl sites for hydroxylation is 2. The van der Waals surface area contributed by atoms with E-state index in [9.17, 15) is 4.79 Å². The second-order valence-corrected chi connectivity index (χ2v) is 6.51. The van der Waals surface area contributed by atoms with Gasteiger partial charge in [0, 0.05) is 42.3 Å². The van der Waals surface area contributed by atoms with Crippen molar-refractivity contribution < 1.29 is 4.79 Å². The molecule has 0 radical (unpaired) electrons. The molecule has 4 heteroatoms. The van der Waals surface area contributed by atoms with Crippen molar-refractivity contribution in [2.45, 2.75) is 46.7 Å². The lowest BCUT2D eigenvalue weighted by Gasteiger charge is -2.29. The number of rotatable bonds is 3. The third-order valence-electron chi connectivity index (χ3n) is 4.11. The maximum atomic E-state index is 12.3. The monoisotopic (exact) mass is 271 g/mol. The Kier molecular flexibility index (Phi) is 3.04. The van der Waals surface area contributed by atoms with Gasteiger partial charge in [-0.05, 0) is 30.9 Å². The molecule has 2 heterocycles. The number of hydrogen-bond donors (Lipinski definition) is 0. The summed E-state index contributed by atoms with van der Waals surface area (Å²) >= 11 is 0. The Morgan fingerprint density at radius 2 is 2.10 bits per heavy atom. The molecular formula is C16H21N3O. The molecule has 0 fully saturated rings. The fourth-order valence-corrected chi connectivity index (χ4v) is 3.15. The average molecular weight is 271 g/mol. The van der Waals surface area contributed by atoms with Crippen LogP contribution in [0.15, 0.2) is 24.5 Å². The number of ketones is 1. The van der Waals surface area contributed by atoms with E-state index in [0.29, 0.717) is 6.42 Å². The summed E-state index contributed by atoms with van der Waals surface area (Å²) in [5.74, 6) is 0.289. The van der Waals surface area contributed by atoms with E-state index in [1.54, 1.807) is 6.20 Å². The largest absolute Gasteiger partial charge is 0.346 e. The Balaban J connectivity index is 1.90. The summed E-state index contributed by atoms with van der Waals surface area (Å²) in [6.07, 6.45) is 5.40. The Labute approximate surface area is 119 Å². The highest BCUT2D eigenvalue weighted by Crippen LogP contribution is 2.36. The van der Waals surface area contributed by atoms with Gasteiger partial charge in [0.15, 0.2) is 5.78 Å². The average Bonchev–Trinajstić information content (AvgIpc) is 2.94. The minimum atomic E-state index is 0.0678. The smallest absolute Gasteiger partial charge is 0.165 e. The summed E-state index contributed by atoms with van der Waals surface area (Å²) in [4.78, 5) is 12.3. The van der Waals surface area contributed by atoms with Gasteiger partial charge in [-0.3, -0.25) is 9.48 Å². The molecule has 1 aliphatic carbocycles. The van der Waals surface area contributed by atoms with Crippen LogP contribution in [0.1, 0.15) is 42.0 Å². The van der Waals surface area contributed by atoms with Crippen LogP contribution in [0.2, 0.25) is 0 Å². The highest BCUT2D eigenvalue weighted by atomic mass is 16.1. The summed E-state index contributed by atoms with van der Waals surface area (Å²) < 4.78 is 4.22. The van der Waals surface area contributed by atoms with Gasteiger partial charge in [-0.1, -0.05) is 13.8 Å². The van der Waals surface area contributed by atoms with Crippen LogP contribution in [0.4, 0.5) is 0 Å². The van der Waals surface area contributed by atoms with Crippen LogP contribution in [0, 0.1) is 12.3 Å². The summed E-state index contributed by atoms with van der Waals surface area (Å²) in [5.41, 5.74) is 3.38. The van der Waals surface area contributed by atoms with E-state index in [4.69, 9.17) is 0 Å². The maximum Gasteiger partial charge on any atom is 0.165 e. The molecule has 0 aliphatic heterocycles. The lowest BCUT2D eigenvalue weighted by Crippen LogP contribution is -2.28. The summed E-state index contributed by atoms with van der Waals surface area (Å²) in [5, 5.41) is 4.24. The first-order valence-electron chi connectivity index (χ1n) is 7.16. The van der Waals surface area contributed by atoms with Crippen LogP contribution in [-0.2, 0) is 19.5 Å². The molecule has 2 aromatic rings. The fraction of sp³-hybridized carbons (Fsp3) is 0.500. The van der Waals surface area contributed by atoms with E-state index in [1.165, 1.54) is 11.4 Å². The second kappa shape index (κ2) is 4.62. The topological polar surface area (TPSA) is 39.8 Å². The van der Waals surface area contributed by atoms with E-state index < -0.39 is 0 Å². The van der Waals surface area contributed by atoms with Crippen LogP contribution < -0.4 is 0 Å². The first kappa shape index (κ1) is 13.2. The van der Waals surface area contributed by atoms with Crippen LogP contribution in [0.25, 0.3) is 0 Å². The van der Waals surface area contributed by atoms with Crippen molar-refractivity contribution >= 4 is 5.78 Å².